The molecule has 0 aliphatic carbocycles. The van der Waals surface area contributed by atoms with Crippen molar-refractivity contribution in [2.24, 2.45) is 5.73 Å². The number of hydrogen-bond donors (Lipinski definition) is 2. The van der Waals surface area contributed by atoms with Gasteiger partial charge in [-0.2, -0.15) is 4.98 Å². The molecule has 1 atom stereocenters. The monoisotopic (exact) mass is 322 g/mol. The molecule has 6 heteroatoms. The molecular formula is C18H18N4O2. The molecule has 3 N–H and O–H groups in total. The van der Waals surface area contributed by atoms with Crippen LogP contribution >= 0.6 is 0 Å². The van der Waals surface area contributed by atoms with Gasteiger partial charge in [-0.25, -0.2) is 0 Å². The first-order valence-corrected chi connectivity index (χ1v) is 7.96. The quantitative estimate of drug-likeness (QED) is 0.771. The van der Waals surface area contributed by atoms with Crippen LogP contribution in [0.4, 0.5) is 11.7 Å². The molecular weight excluding hydrogens is 304 g/mol. The minimum absolute atomic E-state index is 0.207. The fourth-order valence-corrected chi connectivity index (χ4v) is 3.16. The molecule has 0 spiro atoms. The van der Waals surface area contributed by atoms with Crippen LogP contribution in [-0.4, -0.2) is 30.0 Å². The van der Waals surface area contributed by atoms with Crippen LogP contribution in [0.5, 0.6) is 0 Å². The van der Waals surface area contributed by atoms with Crippen LogP contribution in [0.25, 0.3) is 11.1 Å². The maximum atomic E-state index is 11.6. The Morgan fingerprint density at radius 3 is 2.83 bits per heavy atom. The van der Waals surface area contributed by atoms with Crippen molar-refractivity contribution in [2.75, 3.05) is 23.3 Å². The van der Waals surface area contributed by atoms with Crippen LogP contribution in [0.2, 0.25) is 0 Å². The van der Waals surface area contributed by atoms with E-state index in [1.807, 2.05) is 42.5 Å². The lowest BCUT2D eigenvalue weighted by Crippen LogP contribution is -2.28. The molecule has 2 aromatic carbocycles. The van der Waals surface area contributed by atoms with E-state index >= 15 is 0 Å². The number of fused-ring (bicyclic) bond motifs is 1. The van der Waals surface area contributed by atoms with E-state index in [-0.39, 0.29) is 6.04 Å². The Labute approximate surface area is 139 Å². The molecule has 1 aliphatic heterocycles. The Morgan fingerprint density at radius 2 is 2.00 bits per heavy atom. The number of carbonyl (C=O) groups is 1. The highest BCUT2D eigenvalue weighted by Gasteiger charge is 2.26. The van der Waals surface area contributed by atoms with Crippen LogP contribution in [0.3, 0.4) is 0 Å². The summed E-state index contributed by atoms with van der Waals surface area (Å²) < 4.78 is 5.72. The second kappa shape index (κ2) is 5.88. The van der Waals surface area contributed by atoms with Gasteiger partial charge in [0.05, 0.1) is 5.56 Å². The van der Waals surface area contributed by atoms with Gasteiger partial charge in [0.1, 0.15) is 5.52 Å². The van der Waals surface area contributed by atoms with Crippen LogP contribution < -0.4 is 16.0 Å². The van der Waals surface area contributed by atoms with E-state index in [0.29, 0.717) is 11.6 Å². The predicted molar refractivity (Wildman–Crippen MR) is 93.2 cm³/mol. The van der Waals surface area contributed by atoms with Crippen LogP contribution in [-0.2, 0) is 0 Å². The zero-order valence-electron chi connectivity index (χ0n) is 13.1. The van der Waals surface area contributed by atoms with Gasteiger partial charge in [0, 0.05) is 24.8 Å². The lowest BCUT2D eigenvalue weighted by atomic mass is 10.1. The summed E-state index contributed by atoms with van der Waals surface area (Å²) in [6, 6.07) is 15.9. The van der Waals surface area contributed by atoms with Gasteiger partial charge in [0.2, 0.25) is 0 Å². The molecule has 1 saturated heterocycles. The highest BCUT2D eigenvalue weighted by molar-refractivity contribution is 5.98. The van der Waals surface area contributed by atoms with E-state index in [1.54, 1.807) is 6.07 Å². The van der Waals surface area contributed by atoms with Crippen molar-refractivity contribution in [3.8, 4) is 0 Å². The van der Waals surface area contributed by atoms with E-state index in [2.05, 4.69) is 15.2 Å². The lowest BCUT2D eigenvalue weighted by Gasteiger charge is -2.21. The highest BCUT2D eigenvalue weighted by atomic mass is 16.4. The van der Waals surface area contributed by atoms with E-state index in [9.17, 15) is 4.79 Å². The number of rotatable bonds is 4. The number of primary amides is 1. The van der Waals surface area contributed by atoms with Crippen molar-refractivity contribution in [2.45, 2.75) is 12.5 Å². The first-order valence-electron chi connectivity index (χ1n) is 7.96. The summed E-state index contributed by atoms with van der Waals surface area (Å²) in [5, 5.41) is 3.34. The van der Waals surface area contributed by atoms with Gasteiger partial charge in [-0.15, -0.1) is 0 Å². The summed E-state index contributed by atoms with van der Waals surface area (Å²) in [4.78, 5) is 18.2. The minimum atomic E-state index is -0.402. The average molecular weight is 322 g/mol. The topological polar surface area (TPSA) is 84.4 Å². The van der Waals surface area contributed by atoms with Crippen molar-refractivity contribution in [3.63, 3.8) is 0 Å². The SMILES string of the molecule is NC(=O)c1ccccc1N1CCC(Nc2nc3ccccc3o2)C1. The molecule has 1 aliphatic rings. The predicted octanol–water partition coefficient (Wildman–Crippen LogP) is 2.62. The zero-order chi connectivity index (χ0) is 16.5. The minimum Gasteiger partial charge on any atom is -0.424 e. The largest absolute Gasteiger partial charge is 0.424 e. The molecule has 122 valence electrons. The number of oxazole rings is 1. The van der Waals surface area contributed by atoms with Gasteiger partial charge in [0.15, 0.2) is 5.58 Å². The summed E-state index contributed by atoms with van der Waals surface area (Å²) in [5.74, 6) is -0.402. The Hall–Kier alpha value is -3.02. The van der Waals surface area contributed by atoms with Gasteiger partial charge in [-0.1, -0.05) is 24.3 Å². The molecule has 24 heavy (non-hydrogen) atoms. The lowest BCUT2D eigenvalue weighted by molar-refractivity contribution is 0.100. The third-order valence-corrected chi connectivity index (χ3v) is 4.32. The third kappa shape index (κ3) is 2.67. The van der Waals surface area contributed by atoms with Crippen molar-refractivity contribution in [1.82, 2.24) is 4.98 Å². The number of nitrogens with two attached hydrogens (primary N) is 1. The van der Waals surface area contributed by atoms with Crippen LogP contribution in [0, 0.1) is 0 Å². The number of anilines is 2. The normalized spacial score (nSPS) is 17.3. The van der Waals surface area contributed by atoms with E-state index in [1.165, 1.54) is 0 Å². The second-order valence-corrected chi connectivity index (χ2v) is 5.94. The van der Waals surface area contributed by atoms with Crippen molar-refractivity contribution in [3.05, 3.63) is 54.1 Å². The van der Waals surface area contributed by atoms with Crippen LogP contribution in [0.1, 0.15) is 16.8 Å². The molecule has 2 heterocycles. The number of carbonyl (C=O) groups excluding carboxylic acids is 1. The summed E-state index contributed by atoms with van der Waals surface area (Å²) in [5.41, 5.74) is 8.53. The molecule has 0 radical (unpaired) electrons. The summed E-state index contributed by atoms with van der Waals surface area (Å²) in [6.45, 7) is 1.62. The standard InChI is InChI=1S/C18H18N4O2/c19-17(23)13-5-1-3-7-15(13)22-10-9-12(11-22)20-18-21-14-6-2-4-8-16(14)24-18/h1-8,12H,9-11H2,(H2,19,23)(H,20,21). The average Bonchev–Trinajstić information content (AvgIpc) is 3.21. The summed E-state index contributed by atoms with van der Waals surface area (Å²) in [7, 11) is 0. The Kier molecular flexibility index (Phi) is 3.57. The van der Waals surface area contributed by atoms with Crippen LogP contribution in [0.15, 0.2) is 52.9 Å². The van der Waals surface area contributed by atoms with Gasteiger partial charge in [-0.3, -0.25) is 4.79 Å². The number of hydrogen-bond acceptors (Lipinski definition) is 5. The molecule has 1 fully saturated rings. The molecule has 0 bridgehead atoms. The first kappa shape index (κ1) is 14.6. The zero-order valence-corrected chi connectivity index (χ0v) is 13.1. The van der Waals surface area contributed by atoms with E-state index in [0.717, 1.165) is 36.3 Å². The molecule has 0 saturated carbocycles. The number of nitrogens with zero attached hydrogens (tertiary/aromatic N) is 2. The molecule has 3 aromatic rings. The number of benzene rings is 2. The fourth-order valence-electron chi connectivity index (χ4n) is 3.16. The smallest absolute Gasteiger partial charge is 0.295 e. The van der Waals surface area contributed by atoms with E-state index < -0.39 is 5.91 Å². The number of aromatic nitrogens is 1. The first-order chi connectivity index (χ1) is 11.7. The highest BCUT2D eigenvalue weighted by Crippen LogP contribution is 2.26. The second-order valence-electron chi connectivity index (χ2n) is 5.94. The Bertz CT molecular complexity index is 856. The van der Waals surface area contributed by atoms with Crippen molar-refractivity contribution in [1.29, 1.82) is 0 Å². The molecule has 1 aromatic heterocycles. The Morgan fingerprint density at radius 1 is 1.21 bits per heavy atom. The maximum absolute atomic E-state index is 11.6. The van der Waals surface area contributed by atoms with Gasteiger partial charge in [0.25, 0.3) is 11.9 Å². The molecule has 6 nitrogen and oxygen atoms in total. The van der Waals surface area contributed by atoms with Crippen molar-refractivity contribution >= 4 is 28.7 Å². The number of nitrogens with one attached hydrogen (secondary N) is 1. The van der Waals surface area contributed by atoms with Gasteiger partial charge in [-0.05, 0) is 30.7 Å². The molecule has 4 rings (SSSR count). The fraction of sp³-hybridized carbons (Fsp3) is 0.222. The third-order valence-electron chi connectivity index (χ3n) is 4.32. The number of amides is 1. The van der Waals surface area contributed by atoms with E-state index in [4.69, 9.17) is 10.2 Å². The maximum Gasteiger partial charge on any atom is 0.295 e. The van der Waals surface area contributed by atoms with Crippen molar-refractivity contribution < 1.29 is 9.21 Å². The number of para-hydroxylation sites is 3. The molecule has 1 amide bonds. The summed E-state index contributed by atoms with van der Waals surface area (Å²) in [6.07, 6.45) is 0.936. The Balaban J connectivity index is 1.49. The van der Waals surface area contributed by atoms with Gasteiger partial charge < -0.3 is 20.4 Å². The summed E-state index contributed by atoms with van der Waals surface area (Å²) >= 11 is 0. The van der Waals surface area contributed by atoms with Gasteiger partial charge >= 0.3 is 0 Å². The molecule has 1 unspecified atom stereocenters.